The number of rotatable bonds is 5. The molecule has 1 atom stereocenters. The van der Waals surface area contributed by atoms with Crippen LogP contribution in [-0.2, 0) is 21.5 Å². The molecule has 1 saturated heterocycles. The summed E-state index contributed by atoms with van der Waals surface area (Å²) in [6.07, 6.45) is -2.60. The molecule has 7 nitrogen and oxygen atoms in total. The average Bonchev–Trinajstić information content (AvgIpc) is 2.75. The molecule has 1 amide bonds. The minimum absolute atomic E-state index is 0.0363. The lowest BCUT2D eigenvalue weighted by molar-refractivity contribution is -0.132. The third-order valence-electron chi connectivity index (χ3n) is 5.99. The van der Waals surface area contributed by atoms with Gasteiger partial charge in [0.1, 0.15) is 0 Å². The van der Waals surface area contributed by atoms with Crippen LogP contribution in [-0.4, -0.2) is 47.2 Å². The molecule has 0 aliphatic carbocycles. The monoisotopic (exact) mass is 495 g/mol. The highest BCUT2D eigenvalue weighted by Crippen LogP contribution is 2.41. The van der Waals surface area contributed by atoms with Crippen molar-refractivity contribution in [3.05, 3.63) is 52.8 Å². The smallest absolute Gasteiger partial charge is 0.381 e. The van der Waals surface area contributed by atoms with E-state index in [9.17, 15) is 18.0 Å². The van der Waals surface area contributed by atoms with Crippen molar-refractivity contribution in [1.82, 2.24) is 9.88 Å². The molecule has 0 unspecified atom stereocenters. The molecule has 0 saturated carbocycles. The minimum Gasteiger partial charge on any atom is -0.381 e. The van der Waals surface area contributed by atoms with E-state index in [1.807, 2.05) is 0 Å². The molecule has 1 aromatic carbocycles. The number of guanidine groups is 1. The van der Waals surface area contributed by atoms with Crippen molar-refractivity contribution in [3.63, 3.8) is 0 Å². The number of benzene rings is 1. The number of anilines is 2. The van der Waals surface area contributed by atoms with Gasteiger partial charge in [0.25, 0.3) is 0 Å². The molecule has 3 heterocycles. The Morgan fingerprint density at radius 2 is 2.00 bits per heavy atom. The lowest BCUT2D eigenvalue weighted by Gasteiger charge is -2.40. The van der Waals surface area contributed by atoms with Gasteiger partial charge in [-0.2, -0.15) is 13.2 Å². The Labute approximate surface area is 200 Å². The summed E-state index contributed by atoms with van der Waals surface area (Å²) in [6.45, 7) is 2.95. The largest absolute Gasteiger partial charge is 0.394 e. The topological polar surface area (TPSA) is 92.8 Å². The van der Waals surface area contributed by atoms with E-state index in [0.717, 1.165) is 0 Å². The lowest BCUT2D eigenvalue weighted by atomic mass is 9.86. The third-order valence-corrected chi connectivity index (χ3v) is 6.40. The van der Waals surface area contributed by atoms with Crippen molar-refractivity contribution < 1.29 is 22.7 Å². The normalized spacial score (nSPS) is 22.0. The van der Waals surface area contributed by atoms with Gasteiger partial charge in [-0.3, -0.25) is 14.7 Å². The quantitative estimate of drug-likeness (QED) is 0.636. The van der Waals surface area contributed by atoms with Gasteiger partial charge >= 0.3 is 6.18 Å². The molecule has 1 aromatic heterocycles. The number of hydrogen-bond acceptors (Lipinski definition) is 6. The van der Waals surface area contributed by atoms with Crippen molar-refractivity contribution in [2.45, 2.75) is 50.4 Å². The van der Waals surface area contributed by atoms with Gasteiger partial charge in [0.2, 0.25) is 5.91 Å². The van der Waals surface area contributed by atoms with Crippen LogP contribution in [0.15, 0.2) is 41.5 Å². The van der Waals surface area contributed by atoms with Gasteiger partial charge < -0.3 is 15.8 Å². The molecule has 2 aliphatic heterocycles. The Balaban J connectivity index is 1.56. The molecular weight excluding hydrogens is 471 g/mol. The van der Waals surface area contributed by atoms with E-state index in [1.165, 1.54) is 18.3 Å². The van der Waals surface area contributed by atoms with Crippen LogP contribution in [0.25, 0.3) is 0 Å². The maximum atomic E-state index is 13.1. The molecule has 2 aliphatic rings. The van der Waals surface area contributed by atoms with Crippen molar-refractivity contribution in [2.24, 2.45) is 10.7 Å². The van der Waals surface area contributed by atoms with Gasteiger partial charge in [0.05, 0.1) is 41.0 Å². The summed E-state index contributed by atoms with van der Waals surface area (Å²) in [4.78, 5) is 23.2. The molecule has 0 spiro atoms. The minimum atomic E-state index is -4.32. The molecule has 4 rings (SSSR count). The summed E-state index contributed by atoms with van der Waals surface area (Å²) in [5, 5.41) is 3.42. The average molecular weight is 496 g/mol. The fraction of sp³-hybridized carbons (Fsp3) is 0.435. The van der Waals surface area contributed by atoms with Crippen LogP contribution in [0, 0.1) is 0 Å². The van der Waals surface area contributed by atoms with Crippen LogP contribution < -0.4 is 11.1 Å². The SMILES string of the molecule is C[C@@]1(c2cccc(Nc3ccc(CC(F)(F)F)nc3)c2Cl)CC(=O)N(C2CCOCC2)C(N)=N1. The van der Waals surface area contributed by atoms with Crippen molar-refractivity contribution >= 4 is 34.8 Å². The van der Waals surface area contributed by atoms with E-state index < -0.39 is 18.1 Å². The molecular formula is C23H25ClF3N5O2. The number of aromatic nitrogens is 1. The van der Waals surface area contributed by atoms with E-state index in [0.29, 0.717) is 48.0 Å². The molecule has 182 valence electrons. The molecule has 2 aromatic rings. The summed E-state index contributed by atoms with van der Waals surface area (Å²) < 4.78 is 43.1. The lowest BCUT2D eigenvalue weighted by Crippen LogP contribution is -2.55. The zero-order chi connectivity index (χ0) is 24.5. The number of halogens is 4. The fourth-order valence-electron chi connectivity index (χ4n) is 4.35. The first-order valence-electron chi connectivity index (χ1n) is 10.9. The Kier molecular flexibility index (Phi) is 6.73. The zero-order valence-corrected chi connectivity index (χ0v) is 19.3. The summed E-state index contributed by atoms with van der Waals surface area (Å²) in [5.74, 6) is 0.0327. The van der Waals surface area contributed by atoms with Crippen LogP contribution in [0.4, 0.5) is 24.5 Å². The summed E-state index contributed by atoms with van der Waals surface area (Å²) in [6, 6.07) is 8.05. The van der Waals surface area contributed by atoms with Crippen molar-refractivity contribution in [1.29, 1.82) is 0 Å². The van der Waals surface area contributed by atoms with E-state index in [-0.39, 0.29) is 30.0 Å². The second-order valence-corrected chi connectivity index (χ2v) is 9.03. The Bertz CT molecular complexity index is 1090. The van der Waals surface area contributed by atoms with E-state index in [2.05, 4.69) is 15.3 Å². The maximum Gasteiger partial charge on any atom is 0.394 e. The first-order chi connectivity index (χ1) is 16.1. The number of ether oxygens (including phenoxy) is 1. The molecule has 3 N–H and O–H groups in total. The molecule has 11 heteroatoms. The van der Waals surface area contributed by atoms with E-state index in [4.69, 9.17) is 22.1 Å². The maximum absolute atomic E-state index is 13.1. The second kappa shape index (κ2) is 9.42. The van der Waals surface area contributed by atoms with Crippen molar-refractivity contribution in [3.8, 4) is 0 Å². The van der Waals surface area contributed by atoms with E-state index >= 15 is 0 Å². The molecule has 1 fully saturated rings. The summed E-state index contributed by atoms with van der Waals surface area (Å²) in [5.41, 5.74) is 6.81. The highest BCUT2D eigenvalue weighted by molar-refractivity contribution is 6.34. The number of aliphatic imine (C=N–C) groups is 1. The van der Waals surface area contributed by atoms with Gasteiger partial charge in [0, 0.05) is 30.5 Å². The van der Waals surface area contributed by atoms with E-state index in [1.54, 1.807) is 30.0 Å². The van der Waals surface area contributed by atoms with Gasteiger partial charge in [0.15, 0.2) is 5.96 Å². The van der Waals surface area contributed by atoms with Crippen LogP contribution in [0.2, 0.25) is 5.02 Å². The highest BCUT2D eigenvalue weighted by Gasteiger charge is 2.41. The van der Waals surface area contributed by atoms with Crippen molar-refractivity contribution in [2.75, 3.05) is 18.5 Å². The number of nitrogens with zero attached hydrogens (tertiary/aromatic N) is 3. The second-order valence-electron chi connectivity index (χ2n) is 8.65. The van der Waals surface area contributed by atoms with Gasteiger partial charge in [-0.05, 0) is 38.0 Å². The third kappa shape index (κ3) is 5.28. The predicted octanol–water partition coefficient (Wildman–Crippen LogP) is 4.52. The fourth-order valence-corrected chi connectivity index (χ4v) is 4.73. The van der Waals surface area contributed by atoms with Gasteiger partial charge in [-0.25, -0.2) is 4.99 Å². The Morgan fingerprint density at radius 1 is 1.26 bits per heavy atom. The van der Waals surface area contributed by atoms with Gasteiger partial charge in [-0.1, -0.05) is 23.7 Å². The first kappa shape index (κ1) is 24.3. The van der Waals surface area contributed by atoms with Gasteiger partial charge in [-0.15, -0.1) is 0 Å². The molecule has 0 bridgehead atoms. The molecule has 0 radical (unpaired) electrons. The number of nitrogens with two attached hydrogens (primary N) is 1. The standard InChI is InChI=1S/C23H25ClF3N5O2/c1-22(12-19(33)32(21(28)31-22)16-7-9-34-10-8-16)17-3-2-4-18(20(17)24)30-15-6-5-14(29-13-15)11-23(25,26)27/h2-6,13,16,30H,7-12H2,1H3,(H2,28,31)/t22-/m0/s1. The van der Waals surface area contributed by atoms with Crippen LogP contribution in [0.1, 0.15) is 37.4 Å². The van der Waals surface area contributed by atoms with Crippen LogP contribution in [0.5, 0.6) is 0 Å². The van der Waals surface area contributed by atoms with Crippen LogP contribution >= 0.6 is 11.6 Å². The van der Waals surface area contributed by atoms with Crippen LogP contribution in [0.3, 0.4) is 0 Å². The number of pyridine rings is 1. The summed E-state index contributed by atoms with van der Waals surface area (Å²) >= 11 is 6.70. The summed E-state index contributed by atoms with van der Waals surface area (Å²) in [7, 11) is 0. The number of amides is 1. The number of carbonyl (C=O) groups excluding carboxylic acids is 1. The highest BCUT2D eigenvalue weighted by atomic mass is 35.5. The number of carbonyl (C=O) groups is 1. The number of alkyl halides is 3. The Morgan fingerprint density at radius 3 is 2.62 bits per heavy atom. The number of hydrogen-bond donors (Lipinski definition) is 2. The zero-order valence-electron chi connectivity index (χ0n) is 18.5. The Hall–Kier alpha value is -2.85. The first-order valence-corrected chi connectivity index (χ1v) is 11.3. The molecule has 34 heavy (non-hydrogen) atoms. The number of nitrogens with one attached hydrogen (secondary N) is 1. The predicted molar refractivity (Wildman–Crippen MR) is 123 cm³/mol.